The van der Waals surface area contributed by atoms with Crippen molar-refractivity contribution in [2.24, 2.45) is 5.73 Å². The van der Waals surface area contributed by atoms with Gasteiger partial charge in [-0.05, 0) is 52.5 Å². The molecule has 0 aliphatic rings. The Morgan fingerprint density at radius 3 is 2.45 bits per heavy atom. The molecule has 2 rings (SSSR count). The minimum absolute atomic E-state index is 0.360. The number of ether oxygens (including phenoxy) is 1. The summed E-state index contributed by atoms with van der Waals surface area (Å²) in [7, 11) is 1.51. The van der Waals surface area contributed by atoms with Gasteiger partial charge in [-0.3, -0.25) is 0 Å². The number of aryl methyl sites for hydroxylation is 2. The zero-order valence-corrected chi connectivity index (χ0v) is 13.3. The Bertz CT molecular complexity index is 643. The SMILES string of the molecule is COc1cc(F)c(Br)cc1C(N)c1ccc(C)c(C)c1. The predicted octanol–water partition coefficient (Wildman–Crippen LogP) is 4.26. The monoisotopic (exact) mass is 337 g/mol. The zero-order chi connectivity index (χ0) is 14.9. The van der Waals surface area contributed by atoms with Crippen LogP contribution in [0.4, 0.5) is 4.39 Å². The van der Waals surface area contributed by atoms with Gasteiger partial charge in [-0.15, -0.1) is 0 Å². The molecule has 0 spiro atoms. The van der Waals surface area contributed by atoms with E-state index in [9.17, 15) is 4.39 Å². The first kappa shape index (κ1) is 15.0. The maximum atomic E-state index is 13.6. The summed E-state index contributed by atoms with van der Waals surface area (Å²) in [6.45, 7) is 4.10. The predicted molar refractivity (Wildman–Crippen MR) is 82.6 cm³/mol. The third kappa shape index (κ3) is 2.86. The highest BCUT2D eigenvalue weighted by molar-refractivity contribution is 9.10. The first-order chi connectivity index (χ1) is 9.43. The van der Waals surface area contributed by atoms with Crippen LogP contribution in [-0.4, -0.2) is 7.11 Å². The van der Waals surface area contributed by atoms with Gasteiger partial charge in [0, 0.05) is 11.6 Å². The van der Waals surface area contributed by atoms with E-state index in [0.29, 0.717) is 10.2 Å². The summed E-state index contributed by atoms with van der Waals surface area (Å²) in [6.07, 6.45) is 0. The normalized spacial score (nSPS) is 12.3. The van der Waals surface area contributed by atoms with Crippen LogP contribution in [0, 0.1) is 19.7 Å². The Labute approximate surface area is 126 Å². The van der Waals surface area contributed by atoms with Crippen LogP contribution < -0.4 is 10.5 Å². The van der Waals surface area contributed by atoms with Gasteiger partial charge in [-0.1, -0.05) is 18.2 Å². The number of rotatable bonds is 3. The van der Waals surface area contributed by atoms with Crippen molar-refractivity contribution >= 4 is 15.9 Å². The third-order valence-corrected chi connectivity index (χ3v) is 4.11. The van der Waals surface area contributed by atoms with Gasteiger partial charge in [0.15, 0.2) is 0 Å². The van der Waals surface area contributed by atoms with Gasteiger partial charge in [-0.25, -0.2) is 4.39 Å². The lowest BCUT2D eigenvalue weighted by molar-refractivity contribution is 0.404. The van der Waals surface area contributed by atoms with Crippen molar-refractivity contribution in [3.8, 4) is 5.75 Å². The van der Waals surface area contributed by atoms with Crippen molar-refractivity contribution in [1.29, 1.82) is 0 Å². The van der Waals surface area contributed by atoms with E-state index in [1.54, 1.807) is 6.07 Å². The topological polar surface area (TPSA) is 35.2 Å². The van der Waals surface area contributed by atoms with Crippen LogP contribution in [-0.2, 0) is 0 Å². The smallest absolute Gasteiger partial charge is 0.141 e. The minimum atomic E-state index is -0.363. The molecule has 1 atom stereocenters. The average molecular weight is 338 g/mol. The molecule has 1 unspecified atom stereocenters. The molecule has 4 heteroatoms. The van der Waals surface area contributed by atoms with Gasteiger partial charge in [0.05, 0.1) is 17.6 Å². The molecule has 2 aromatic rings. The molecule has 0 radical (unpaired) electrons. The molecule has 0 aromatic heterocycles. The zero-order valence-electron chi connectivity index (χ0n) is 11.7. The van der Waals surface area contributed by atoms with Gasteiger partial charge < -0.3 is 10.5 Å². The molecule has 0 saturated heterocycles. The number of hydrogen-bond acceptors (Lipinski definition) is 2. The number of methoxy groups -OCH3 is 1. The second-order valence-corrected chi connectivity index (χ2v) is 5.68. The number of benzene rings is 2. The van der Waals surface area contributed by atoms with E-state index in [1.807, 2.05) is 19.1 Å². The Morgan fingerprint density at radius 2 is 1.85 bits per heavy atom. The van der Waals surface area contributed by atoms with E-state index in [1.165, 1.54) is 24.3 Å². The van der Waals surface area contributed by atoms with Crippen LogP contribution in [0.15, 0.2) is 34.8 Å². The van der Waals surface area contributed by atoms with E-state index in [-0.39, 0.29) is 11.9 Å². The van der Waals surface area contributed by atoms with Crippen molar-refractivity contribution in [1.82, 2.24) is 0 Å². The highest BCUT2D eigenvalue weighted by Crippen LogP contribution is 2.33. The summed E-state index contributed by atoms with van der Waals surface area (Å²) in [5, 5.41) is 0. The maximum absolute atomic E-state index is 13.6. The molecule has 2 aromatic carbocycles. The van der Waals surface area contributed by atoms with Crippen LogP contribution >= 0.6 is 15.9 Å². The number of nitrogens with two attached hydrogens (primary N) is 1. The highest BCUT2D eigenvalue weighted by Gasteiger charge is 2.17. The average Bonchev–Trinajstić information content (AvgIpc) is 2.43. The summed E-state index contributed by atoms with van der Waals surface area (Å²) in [5.41, 5.74) is 10.4. The summed E-state index contributed by atoms with van der Waals surface area (Å²) < 4.78 is 19.2. The third-order valence-electron chi connectivity index (χ3n) is 3.50. The molecule has 0 saturated carbocycles. The fraction of sp³-hybridized carbons (Fsp3) is 0.250. The van der Waals surface area contributed by atoms with E-state index < -0.39 is 0 Å². The second-order valence-electron chi connectivity index (χ2n) is 4.83. The van der Waals surface area contributed by atoms with Crippen molar-refractivity contribution in [3.63, 3.8) is 0 Å². The molecular weight excluding hydrogens is 321 g/mol. The Morgan fingerprint density at radius 1 is 1.15 bits per heavy atom. The molecule has 0 aliphatic heterocycles. The lowest BCUT2D eigenvalue weighted by Gasteiger charge is -2.18. The van der Waals surface area contributed by atoms with Gasteiger partial charge in [0.25, 0.3) is 0 Å². The van der Waals surface area contributed by atoms with Gasteiger partial charge in [0.1, 0.15) is 11.6 Å². The molecule has 0 aliphatic carbocycles. The Kier molecular flexibility index (Phi) is 4.45. The lowest BCUT2D eigenvalue weighted by atomic mass is 9.96. The Hall–Kier alpha value is -1.39. The summed E-state index contributed by atoms with van der Waals surface area (Å²) in [5.74, 6) is 0.0920. The first-order valence-corrected chi connectivity index (χ1v) is 7.09. The maximum Gasteiger partial charge on any atom is 0.141 e. The van der Waals surface area contributed by atoms with Crippen LogP contribution in [0.1, 0.15) is 28.3 Å². The number of hydrogen-bond donors (Lipinski definition) is 1. The molecule has 0 heterocycles. The van der Waals surface area contributed by atoms with E-state index in [0.717, 1.165) is 11.1 Å². The molecule has 106 valence electrons. The summed E-state index contributed by atoms with van der Waals surface area (Å²) in [4.78, 5) is 0. The summed E-state index contributed by atoms with van der Waals surface area (Å²) in [6, 6.07) is 8.74. The molecule has 2 N–H and O–H groups in total. The molecular formula is C16H17BrFNO. The second kappa shape index (κ2) is 5.94. The van der Waals surface area contributed by atoms with Gasteiger partial charge >= 0.3 is 0 Å². The first-order valence-electron chi connectivity index (χ1n) is 6.29. The van der Waals surface area contributed by atoms with Crippen LogP contribution in [0.25, 0.3) is 0 Å². The highest BCUT2D eigenvalue weighted by atomic mass is 79.9. The van der Waals surface area contributed by atoms with Crippen molar-refractivity contribution in [3.05, 3.63) is 62.9 Å². The van der Waals surface area contributed by atoms with E-state index in [2.05, 4.69) is 28.9 Å². The van der Waals surface area contributed by atoms with Crippen LogP contribution in [0.2, 0.25) is 0 Å². The Balaban J connectivity index is 2.49. The molecule has 0 bridgehead atoms. The fourth-order valence-electron chi connectivity index (χ4n) is 2.10. The van der Waals surface area contributed by atoms with Crippen molar-refractivity contribution < 1.29 is 9.13 Å². The quantitative estimate of drug-likeness (QED) is 0.907. The minimum Gasteiger partial charge on any atom is -0.496 e. The largest absolute Gasteiger partial charge is 0.496 e. The standard InChI is InChI=1S/C16H17BrFNO/c1-9-4-5-11(6-10(9)2)16(19)12-7-13(17)14(18)8-15(12)20-3/h4-8,16H,19H2,1-3H3. The fourth-order valence-corrected chi connectivity index (χ4v) is 2.46. The molecule has 20 heavy (non-hydrogen) atoms. The van der Waals surface area contributed by atoms with E-state index in [4.69, 9.17) is 10.5 Å². The van der Waals surface area contributed by atoms with E-state index >= 15 is 0 Å². The van der Waals surface area contributed by atoms with Crippen molar-refractivity contribution in [2.45, 2.75) is 19.9 Å². The molecule has 0 amide bonds. The van der Waals surface area contributed by atoms with Gasteiger partial charge in [0.2, 0.25) is 0 Å². The molecule has 0 fully saturated rings. The van der Waals surface area contributed by atoms with Gasteiger partial charge in [-0.2, -0.15) is 0 Å². The van der Waals surface area contributed by atoms with Crippen molar-refractivity contribution in [2.75, 3.05) is 7.11 Å². The molecule has 2 nitrogen and oxygen atoms in total. The summed E-state index contributed by atoms with van der Waals surface area (Å²) >= 11 is 3.19. The van der Waals surface area contributed by atoms with Crippen LogP contribution in [0.5, 0.6) is 5.75 Å². The lowest BCUT2D eigenvalue weighted by Crippen LogP contribution is -2.14. The van der Waals surface area contributed by atoms with Crippen LogP contribution in [0.3, 0.4) is 0 Å². The number of halogens is 2.